The zero-order valence-electron chi connectivity index (χ0n) is 34.6. The van der Waals surface area contributed by atoms with Gasteiger partial charge < -0.3 is 9.13 Å². The first-order valence-corrected chi connectivity index (χ1v) is 20.7. The topological polar surface area (TPSA) is 129 Å². The Morgan fingerprint density at radius 3 is 1.39 bits per heavy atom. The van der Waals surface area contributed by atoms with Gasteiger partial charge in [-0.3, -0.25) is 0 Å². The van der Waals surface area contributed by atoms with Crippen molar-refractivity contribution in [1.82, 2.24) is 24.1 Å². The minimum Gasteiger partial charge on any atom is -0.309 e. The lowest BCUT2D eigenvalue weighted by Gasteiger charge is -2.18. The van der Waals surface area contributed by atoms with Crippen LogP contribution in [-0.2, 0) is 0 Å². The molecular weight excluding hydrogens is 813 g/mol. The first-order valence-electron chi connectivity index (χ1n) is 20.7. The number of benzene rings is 8. The average molecular weight is 841 g/mol. The van der Waals surface area contributed by atoms with E-state index in [0.717, 1.165) is 66.1 Å². The summed E-state index contributed by atoms with van der Waals surface area (Å²) in [7, 11) is 0. The molecule has 302 valence electrons. The molecule has 10 heteroatoms. The van der Waals surface area contributed by atoms with Crippen LogP contribution in [-0.4, -0.2) is 24.1 Å². The zero-order chi connectivity index (χ0) is 44.9. The number of fused-ring (bicyclic) bond motifs is 6. The molecule has 0 bridgehead atoms. The molecule has 0 amide bonds. The Hall–Kier alpha value is -10.2. The van der Waals surface area contributed by atoms with Gasteiger partial charge in [-0.25, -0.2) is 24.6 Å². The van der Waals surface area contributed by atoms with E-state index in [0.29, 0.717) is 62.2 Å². The van der Waals surface area contributed by atoms with E-state index in [-0.39, 0.29) is 0 Å². The molecule has 0 aliphatic carbocycles. The highest BCUT2D eigenvalue weighted by molar-refractivity contribution is 6.12. The van der Waals surface area contributed by atoms with Crippen molar-refractivity contribution < 1.29 is 0 Å². The number of hydrogen-bond donors (Lipinski definition) is 0. The van der Waals surface area contributed by atoms with Gasteiger partial charge in [0.1, 0.15) is 0 Å². The molecule has 0 fully saturated rings. The lowest BCUT2D eigenvalue weighted by Crippen LogP contribution is -2.02. The van der Waals surface area contributed by atoms with E-state index in [2.05, 4.69) is 37.0 Å². The maximum absolute atomic E-state index is 9.98. The number of rotatable bonds is 6. The Morgan fingerprint density at radius 1 is 0.409 bits per heavy atom. The standard InChI is InChI=1S/C56H28N10/c1-60-40-17-24-53-47(29-40)45-27-36(33-59)15-22-51(45)66(53)52-23-16-39(56-63-54(37-9-5-3-6-10-37)62-55(64-56)38-11-7-4-8-12-38)28-46(52)42-30-41(18-19-48(42)61-2)65-49-20-13-34(31-57)25-43(49)44-26-35(32-58)14-21-50(44)65/h3-30H. The lowest BCUT2D eigenvalue weighted by atomic mass is 9.97. The van der Waals surface area contributed by atoms with Gasteiger partial charge >= 0.3 is 0 Å². The molecule has 3 aromatic heterocycles. The zero-order valence-corrected chi connectivity index (χ0v) is 34.6. The predicted octanol–water partition coefficient (Wildman–Crippen LogP) is 13.5. The second-order valence-corrected chi connectivity index (χ2v) is 15.6. The van der Waals surface area contributed by atoms with Gasteiger partial charge in [0, 0.05) is 38.5 Å². The average Bonchev–Trinajstić information content (AvgIpc) is 3.89. The molecule has 3 heterocycles. The molecule has 8 aromatic carbocycles. The largest absolute Gasteiger partial charge is 0.309 e. The van der Waals surface area contributed by atoms with Gasteiger partial charge in [0.25, 0.3) is 0 Å². The Labute approximate surface area is 377 Å². The molecule has 11 rings (SSSR count). The fraction of sp³-hybridized carbons (Fsp3) is 0. The predicted molar refractivity (Wildman–Crippen MR) is 257 cm³/mol. The van der Waals surface area contributed by atoms with E-state index in [9.17, 15) is 15.8 Å². The van der Waals surface area contributed by atoms with Crippen LogP contribution in [0.25, 0.3) is 110 Å². The summed E-state index contributed by atoms with van der Waals surface area (Å²) in [6.45, 7) is 16.4. The van der Waals surface area contributed by atoms with Crippen molar-refractivity contribution in [2.24, 2.45) is 0 Å². The highest BCUT2D eigenvalue weighted by Gasteiger charge is 2.22. The van der Waals surface area contributed by atoms with E-state index < -0.39 is 0 Å². The van der Waals surface area contributed by atoms with Gasteiger partial charge in [0.2, 0.25) is 0 Å². The normalized spacial score (nSPS) is 11.0. The Balaban J connectivity index is 1.23. The van der Waals surface area contributed by atoms with Crippen molar-refractivity contribution in [2.45, 2.75) is 0 Å². The summed E-state index contributed by atoms with van der Waals surface area (Å²) < 4.78 is 4.21. The summed E-state index contributed by atoms with van der Waals surface area (Å²) in [6.07, 6.45) is 0. The minimum atomic E-state index is 0.393. The SMILES string of the molecule is [C-]#[N+]c1ccc2c(c1)c1cc(C#N)ccc1n2-c1ccc(-c2nc(-c3ccccc3)nc(-c3ccccc3)n2)cc1-c1cc(-n2c3ccc(C#N)cc3c3cc(C#N)ccc32)ccc1[N+]#[C-]. The van der Waals surface area contributed by atoms with Crippen LogP contribution in [0.2, 0.25) is 0 Å². The van der Waals surface area contributed by atoms with Crippen LogP contribution >= 0.6 is 0 Å². The monoisotopic (exact) mass is 840 g/mol. The summed E-state index contributed by atoms with van der Waals surface area (Å²) in [5.74, 6) is 1.44. The van der Waals surface area contributed by atoms with Crippen molar-refractivity contribution in [1.29, 1.82) is 15.8 Å². The third-order valence-electron chi connectivity index (χ3n) is 11.9. The molecule has 0 saturated carbocycles. The summed E-state index contributed by atoms with van der Waals surface area (Å²) in [5, 5.41) is 33.0. The number of nitrogens with zero attached hydrogens (tertiary/aromatic N) is 10. The Bertz CT molecular complexity index is 3850. The van der Waals surface area contributed by atoms with Gasteiger partial charge in [-0.15, -0.1) is 0 Å². The van der Waals surface area contributed by atoms with Crippen LogP contribution in [0.4, 0.5) is 11.4 Å². The molecule has 10 nitrogen and oxygen atoms in total. The molecule has 0 radical (unpaired) electrons. The Kier molecular flexibility index (Phi) is 9.17. The molecule has 0 atom stereocenters. The van der Waals surface area contributed by atoms with Crippen LogP contribution in [0.15, 0.2) is 170 Å². The summed E-state index contributed by atoms with van der Waals surface area (Å²) in [4.78, 5) is 22.9. The van der Waals surface area contributed by atoms with E-state index in [1.807, 2.05) is 146 Å². The maximum Gasteiger partial charge on any atom is 0.195 e. The minimum absolute atomic E-state index is 0.393. The number of hydrogen-bond acceptors (Lipinski definition) is 6. The van der Waals surface area contributed by atoms with Crippen LogP contribution in [0.5, 0.6) is 0 Å². The fourth-order valence-electron chi connectivity index (χ4n) is 8.85. The van der Waals surface area contributed by atoms with Crippen molar-refractivity contribution in [3.63, 3.8) is 0 Å². The first kappa shape index (κ1) is 38.7. The lowest BCUT2D eigenvalue weighted by molar-refractivity contribution is 1.07. The van der Waals surface area contributed by atoms with E-state index in [1.54, 1.807) is 24.3 Å². The van der Waals surface area contributed by atoms with E-state index >= 15 is 0 Å². The summed E-state index contributed by atoms with van der Waals surface area (Å²) in [6, 6.07) is 60.2. The molecule has 0 spiro atoms. The number of aromatic nitrogens is 5. The molecule has 0 unspecified atom stereocenters. The van der Waals surface area contributed by atoms with Gasteiger partial charge in [-0.1, -0.05) is 72.8 Å². The Morgan fingerprint density at radius 2 is 0.894 bits per heavy atom. The van der Waals surface area contributed by atoms with Gasteiger partial charge in [-0.2, -0.15) is 15.8 Å². The van der Waals surface area contributed by atoms with Crippen molar-refractivity contribution >= 4 is 55.0 Å². The first-order chi connectivity index (χ1) is 32.5. The van der Waals surface area contributed by atoms with Crippen LogP contribution in [0, 0.1) is 47.1 Å². The number of nitriles is 3. The molecular formula is C56H28N10. The summed E-state index contributed by atoms with van der Waals surface area (Å²) in [5.41, 5.74) is 10.8. The third-order valence-corrected chi connectivity index (χ3v) is 11.9. The summed E-state index contributed by atoms with van der Waals surface area (Å²) >= 11 is 0. The third kappa shape index (κ3) is 6.35. The molecule has 0 aliphatic heterocycles. The molecule has 0 saturated heterocycles. The second kappa shape index (κ2) is 15.6. The maximum atomic E-state index is 9.98. The smallest absolute Gasteiger partial charge is 0.195 e. The van der Waals surface area contributed by atoms with Crippen LogP contribution in [0.3, 0.4) is 0 Å². The van der Waals surface area contributed by atoms with Crippen molar-refractivity contribution in [3.05, 3.63) is 209 Å². The quantitative estimate of drug-likeness (QED) is 0.153. The molecule has 66 heavy (non-hydrogen) atoms. The highest BCUT2D eigenvalue weighted by Crippen LogP contribution is 2.44. The molecule has 0 N–H and O–H groups in total. The second-order valence-electron chi connectivity index (χ2n) is 15.6. The van der Waals surface area contributed by atoms with Gasteiger partial charge in [0.05, 0.1) is 75.8 Å². The molecule has 11 aromatic rings. The van der Waals surface area contributed by atoms with Crippen molar-refractivity contribution in [3.8, 4) is 74.9 Å². The van der Waals surface area contributed by atoms with E-state index in [1.165, 1.54) is 0 Å². The highest BCUT2D eigenvalue weighted by atomic mass is 15.0. The van der Waals surface area contributed by atoms with Crippen molar-refractivity contribution in [2.75, 3.05) is 0 Å². The fourth-order valence-corrected chi connectivity index (χ4v) is 8.85. The van der Waals surface area contributed by atoms with Crippen LogP contribution < -0.4 is 0 Å². The van der Waals surface area contributed by atoms with Crippen LogP contribution in [0.1, 0.15) is 16.7 Å². The van der Waals surface area contributed by atoms with Gasteiger partial charge in [0.15, 0.2) is 28.8 Å². The molecule has 0 aliphatic rings. The van der Waals surface area contributed by atoms with E-state index in [4.69, 9.17) is 28.1 Å². The van der Waals surface area contributed by atoms with Gasteiger partial charge in [-0.05, 0) is 114 Å².